The molecule has 0 radical (unpaired) electrons. The van der Waals surface area contributed by atoms with Crippen LogP contribution >= 0.6 is 0 Å². The van der Waals surface area contributed by atoms with Gasteiger partial charge in [0.15, 0.2) is 0 Å². The van der Waals surface area contributed by atoms with E-state index in [1.807, 2.05) is 6.92 Å². The Morgan fingerprint density at radius 2 is 1.88 bits per heavy atom. The molecular formula is C24H34N4O4S. The number of hydrogen-bond donors (Lipinski definition) is 2. The minimum absolute atomic E-state index is 0.0225. The van der Waals surface area contributed by atoms with E-state index in [0.29, 0.717) is 6.04 Å². The van der Waals surface area contributed by atoms with Crippen molar-refractivity contribution in [3.05, 3.63) is 42.2 Å². The maximum absolute atomic E-state index is 13.2. The third-order valence-electron chi connectivity index (χ3n) is 7.22. The normalized spacial score (nSPS) is 25.9. The van der Waals surface area contributed by atoms with Gasteiger partial charge in [0, 0.05) is 37.6 Å². The molecule has 9 heteroatoms. The summed E-state index contributed by atoms with van der Waals surface area (Å²) in [4.78, 5) is 28.2. The lowest BCUT2D eigenvalue weighted by molar-refractivity contribution is -0.130. The van der Waals surface area contributed by atoms with Crippen molar-refractivity contribution >= 4 is 21.8 Å². The molecule has 8 nitrogen and oxygen atoms in total. The zero-order valence-electron chi connectivity index (χ0n) is 19.6. The smallest absolute Gasteiger partial charge is 0.264 e. The first kappa shape index (κ1) is 23.8. The van der Waals surface area contributed by atoms with Crippen molar-refractivity contribution in [2.45, 2.75) is 75.9 Å². The Bertz CT molecular complexity index is 1030. The fourth-order valence-electron chi connectivity index (χ4n) is 4.93. The summed E-state index contributed by atoms with van der Waals surface area (Å²) >= 11 is 0. The van der Waals surface area contributed by atoms with Gasteiger partial charge in [-0.05, 0) is 43.7 Å². The van der Waals surface area contributed by atoms with Crippen LogP contribution in [-0.2, 0) is 19.6 Å². The minimum atomic E-state index is -3.98. The Balaban J connectivity index is 1.45. The van der Waals surface area contributed by atoms with Gasteiger partial charge in [-0.15, -0.1) is 0 Å². The van der Waals surface area contributed by atoms with Crippen LogP contribution in [0.2, 0.25) is 0 Å². The van der Waals surface area contributed by atoms with Crippen LogP contribution in [0.4, 0.5) is 0 Å². The van der Waals surface area contributed by atoms with E-state index < -0.39 is 22.0 Å². The highest BCUT2D eigenvalue weighted by Crippen LogP contribution is 2.35. The first-order chi connectivity index (χ1) is 15.6. The van der Waals surface area contributed by atoms with E-state index in [1.165, 1.54) is 43.8 Å². The standard InChI is InChI=1S/C24H34N4O4S/c1-17-7-9-19(10-8-17)33(31,32)28-14-12-25-23(30)20(28)15-22(29)26-21-11-13-27(16-24(21,2)3)18-5-4-6-18/h7-10,12,14,18,20-21H,4-6,11,13,15-16H2,1-3H3,(H,25,30)(H,26,29)/t20-,21+/m1/s1. The van der Waals surface area contributed by atoms with Crippen LogP contribution in [0, 0.1) is 12.3 Å². The third kappa shape index (κ3) is 4.94. The summed E-state index contributed by atoms with van der Waals surface area (Å²) in [6.07, 6.45) is 7.02. The molecule has 2 atom stereocenters. The molecule has 1 aliphatic carbocycles. The molecule has 1 saturated carbocycles. The van der Waals surface area contributed by atoms with Gasteiger partial charge < -0.3 is 10.6 Å². The van der Waals surface area contributed by atoms with Crippen molar-refractivity contribution in [2.24, 2.45) is 5.41 Å². The Morgan fingerprint density at radius 3 is 2.48 bits per heavy atom. The maximum atomic E-state index is 13.2. The fraction of sp³-hybridized carbons (Fsp3) is 0.583. The Hall–Kier alpha value is -2.39. The second-order valence-corrected chi connectivity index (χ2v) is 12.0. The van der Waals surface area contributed by atoms with Gasteiger partial charge in [-0.25, -0.2) is 8.42 Å². The summed E-state index contributed by atoms with van der Waals surface area (Å²) in [5.74, 6) is -0.827. The first-order valence-corrected chi connectivity index (χ1v) is 13.1. The van der Waals surface area contributed by atoms with Gasteiger partial charge in [0.2, 0.25) is 11.8 Å². The van der Waals surface area contributed by atoms with Crippen LogP contribution < -0.4 is 10.6 Å². The molecule has 2 fully saturated rings. The van der Waals surface area contributed by atoms with Crippen molar-refractivity contribution in [1.82, 2.24) is 19.8 Å². The van der Waals surface area contributed by atoms with Gasteiger partial charge in [0.05, 0.1) is 11.3 Å². The van der Waals surface area contributed by atoms with Crippen molar-refractivity contribution in [1.29, 1.82) is 0 Å². The van der Waals surface area contributed by atoms with Crippen molar-refractivity contribution in [2.75, 3.05) is 13.1 Å². The van der Waals surface area contributed by atoms with Crippen LogP contribution in [0.15, 0.2) is 41.6 Å². The lowest BCUT2D eigenvalue weighted by Crippen LogP contribution is -2.59. The molecular weight excluding hydrogens is 440 g/mol. The summed E-state index contributed by atoms with van der Waals surface area (Å²) in [7, 11) is -3.98. The van der Waals surface area contributed by atoms with Gasteiger partial charge in [0.25, 0.3) is 10.0 Å². The van der Waals surface area contributed by atoms with E-state index in [0.717, 1.165) is 29.4 Å². The third-order valence-corrected chi connectivity index (χ3v) is 9.02. The predicted molar refractivity (Wildman–Crippen MR) is 125 cm³/mol. The van der Waals surface area contributed by atoms with Gasteiger partial charge in [0.1, 0.15) is 6.04 Å². The number of rotatable bonds is 6. The largest absolute Gasteiger partial charge is 0.353 e. The number of carbonyl (C=O) groups is 2. The number of piperidine rings is 1. The average Bonchev–Trinajstić information content (AvgIpc) is 2.70. The summed E-state index contributed by atoms with van der Waals surface area (Å²) in [6.45, 7) is 8.05. The summed E-state index contributed by atoms with van der Waals surface area (Å²) in [5, 5.41) is 5.64. The molecule has 0 aromatic heterocycles. The number of nitrogens with zero attached hydrogens (tertiary/aromatic N) is 2. The SMILES string of the molecule is Cc1ccc(S(=O)(=O)N2C=CNC(=O)[C@H]2CC(=O)N[C@H]2CCN(C3CCC3)CC2(C)C)cc1. The molecule has 180 valence electrons. The van der Waals surface area contributed by atoms with Gasteiger partial charge in [-0.2, -0.15) is 0 Å². The van der Waals surface area contributed by atoms with Crippen LogP contribution in [-0.4, -0.2) is 60.7 Å². The predicted octanol–water partition coefficient (Wildman–Crippen LogP) is 2.11. The number of hydrogen-bond acceptors (Lipinski definition) is 5. The summed E-state index contributed by atoms with van der Waals surface area (Å²) in [5.41, 5.74) is 0.828. The molecule has 2 N–H and O–H groups in total. The molecule has 0 bridgehead atoms. The molecule has 3 aliphatic rings. The number of sulfonamides is 1. The molecule has 1 aromatic rings. The van der Waals surface area contributed by atoms with E-state index in [-0.39, 0.29) is 28.7 Å². The van der Waals surface area contributed by atoms with Gasteiger partial charge in [-0.3, -0.25) is 18.8 Å². The van der Waals surface area contributed by atoms with Crippen molar-refractivity contribution in [3.8, 4) is 0 Å². The number of nitrogens with one attached hydrogen (secondary N) is 2. The van der Waals surface area contributed by atoms with Crippen LogP contribution in [0.5, 0.6) is 0 Å². The van der Waals surface area contributed by atoms with E-state index in [2.05, 4.69) is 29.4 Å². The number of carbonyl (C=O) groups excluding carboxylic acids is 2. The number of amides is 2. The van der Waals surface area contributed by atoms with E-state index in [9.17, 15) is 18.0 Å². The zero-order chi connectivity index (χ0) is 23.8. The van der Waals surface area contributed by atoms with Crippen LogP contribution in [0.25, 0.3) is 0 Å². The molecule has 0 unspecified atom stereocenters. The lowest BCUT2D eigenvalue weighted by atomic mass is 9.77. The first-order valence-electron chi connectivity index (χ1n) is 11.7. The Labute approximate surface area is 196 Å². The topological polar surface area (TPSA) is 98.8 Å². The van der Waals surface area contributed by atoms with E-state index in [1.54, 1.807) is 12.1 Å². The molecule has 2 heterocycles. The molecule has 4 rings (SSSR count). The van der Waals surface area contributed by atoms with Crippen molar-refractivity contribution in [3.63, 3.8) is 0 Å². The lowest BCUT2D eigenvalue weighted by Gasteiger charge is -2.49. The Morgan fingerprint density at radius 1 is 1.18 bits per heavy atom. The quantitative estimate of drug-likeness (QED) is 0.658. The fourth-order valence-corrected chi connectivity index (χ4v) is 6.38. The summed E-state index contributed by atoms with van der Waals surface area (Å²) < 4.78 is 27.4. The van der Waals surface area contributed by atoms with Crippen molar-refractivity contribution < 1.29 is 18.0 Å². The average molecular weight is 475 g/mol. The molecule has 1 saturated heterocycles. The monoisotopic (exact) mass is 474 g/mol. The molecule has 2 aliphatic heterocycles. The second kappa shape index (κ2) is 9.10. The number of benzene rings is 1. The Kier molecular flexibility index (Phi) is 6.55. The van der Waals surface area contributed by atoms with Gasteiger partial charge >= 0.3 is 0 Å². The second-order valence-electron chi connectivity index (χ2n) is 10.1. The highest BCUT2D eigenvalue weighted by molar-refractivity contribution is 7.89. The van der Waals surface area contributed by atoms with Crippen LogP contribution in [0.1, 0.15) is 51.5 Å². The molecule has 1 aromatic carbocycles. The molecule has 33 heavy (non-hydrogen) atoms. The number of aryl methyl sites for hydroxylation is 1. The van der Waals surface area contributed by atoms with E-state index >= 15 is 0 Å². The number of likely N-dealkylation sites (tertiary alicyclic amines) is 1. The highest BCUT2D eigenvalue weighted by Gasteiger charge is 2.41. The van der Waals surface area contributed by atoms with E-state index in [4.69, 9.17) is 0 Å². The van der Waals surface area contributed by atoms with Gasteiger partial charge in [-0.1, -0.05) is 38.0 Å². The minimum Gasteiger partial charge on any atom is -0.353 e. The summed E-state index contributed by atoms with van der Waals surface area (Å²) in [6, 6.07) is 5.95. The van der Waals surface area contributed by atoms with Crippen LogP contribution in [0.3, 0.4) is 0 Å². The maximum Gasteiger partial charge on any atom is 0.264 e. The highest BCUT2D eigenvalue weighted by atomic mass is 32.2. The molecule has 0 spiro atoms. The zero-order valence-corrected chi connectivity index (χ0v) is 20.4. The molecule has 2 amide bonds.